The average molecular weight is 607 g/mol. The Kier molecular flexibility index (Phi) is 7.66. The molecule has 1 amide bonds. The minimum absolute atomic E-state index is 0.00898. The second kappa shape index (κ2) is 10.5. The molecule has 3 aromatic rings. The number of fused-ring (bicyclic) bond motifs is 1. The number of aliphatic hydroxyl groups is 2. The molecule has 1 saturated carbocycles. The molecule has 3 aromatic carbocycles. The van der Waals surface area contributed by atoms with Crippen molar-refractivity contribution in [1.29, 1.82) is 0 Å². The lowest BCUT2D eigenvalue weighted by atomic mass is 9.88. The van der Waals surface area contributed by atoms with Gasteiger partial charge in [-0.2, -0.15) is 0 Å². The van der Waals surface area contributed by atoms with E-state index in [9.17, 15) is 19.2 Å². The Hall–Kier alpha value is -2.33. The largest absolute Gasteiger partial charge is 0.396 e. The van der Waals surface area contributed by atoms with Crippen molar-refractivity contribution in [2.75, 3.05) is 19.5 Å². The third-order valence-electron chi connectivity index (χ3n) is 7.77. The molecule has 1 unspecified atom stereocenters. The number of amides is 1. The summed E-state index contributed by atoms with van der Waals surface area (Å²) in [6.07, 6.45) is 2.99. The maximum atomic E-state index is 16.3. The lowest BCUT2D eigenvalue weighted by molar-refractivity contribution is -0.130. The molecule has 1 aliphatic carbocycles. The smallest absolute Gasteiger partial charge is 0.257 e. The molecule has 2 atom stereocenters. The Morgan fingerprint density at radius 3 is 2.30 bits per heavy atom. The molecule has 0 radical (unpaired) electrons. The van der Waals surface area contributed by atoms with Crippen LogP contribution in [-0.2, 0) is 33.4 Å². The van der Waals surface area contributed by atoms with E-state index in [2.05, 4.69) is 0 Å². The zero-order valence-electron chi connectivity index (χ0n) is 22.3. The van der Waals surface area contributed by atoms with E-state index in [4.69, 9.17) is 27.9 Å². The van der Waals surface area contributed by atoms with Gasteiger partial charge in [0, 0.05) is 32.2 Å². The first-order chi connectivity index (χ1) is 18.8. The first-order valence-corrected chi connectivity index (χ1v) is 15.1. The lowest BCUT2D eigenvalue weighted by Gasteiger charge is -2.40. The van der Waals surface area contributed by atoms with Crippen molar-refractivity contribution in [2.45, 2.75) is 49.5 Å². The van der Waals surface area contributed by atoms with E-state index >= 15 is 4.39 Å². The summed E-state index contributed by atoms with van der Waals surface area (Å²) in [7, 11) is -1.43. The van der Waals surface area contributed by atoms with Crippen molar-refractivity contribution < 1.29 is 28.3 Å². The Morgan fingerprint density at radius 2 is 1.73 bits per heavy atom. The molecule has 0 aromatic heterocycles. The third-order valence-corrected chi connectivity index (χ3v) is 9.26. The molecule has 10 heteroatoms. The molecule has 2 N–H and O–H groups in total. The molecule has 0 bridgehead atoms. The van der Waals surface area contributed by atoms with E-state index in [0.717, 1.165) is 12.8 Å². The molecular formula is C30H30Cl2FNO5S. The van der Waals surface area contributed by atoms with Gasteiger partial charge in [-0.3, -0.25) is 13.9 Å². The van der Waals surface area contributed by atoms with Crippen LogP contribution in [0.4, 0.5) is 4.39 Å². The number of nitrogens with zero attached hydrogens (tertiary/aromatic N) is 1. The van der Waals surface area contributed by atoms with Crippen LogP contribution in [0.15, 0.2) is 59.5 Å². The highest BCUT2D eigenvalue weighted by Crippen LogP contribution is 2.52. The number of hydrogen-bond donors (Lipinski definition) is 2. The molecule has 40 heavy (non-hydrogen) atoms. The molecule has 2 aliphatic rings. The Balaban J connectivity index is 1.77. The van der Waals surface area contributed by atoms with E-state index < -0.39 is 39.3 Å². The SMILES string of the molecule is CS(=O)c1cc(Cl)ccc1CN1C(=O)c2cc(C(C)(C)O)cc(F)c2[C@]1(OCC1(CO)CC1)c1ccc(Cl)cc1. The topological polar surface area (TPSA) is 87.1 Å². The highest BCUT2D eigenvalue weighted by Gasteiger charge is 2.56. The Morgan fingerprint density at radius 1 is 1.07 bits per heavy atom. The van der Waals surface area contributed by atoms with Crippen LogP contribution in [0.5, 0.6) is 0 Å². The van der Waals surface area contributed by atoms with Gasteiger partial charge in [0.2, 0.25) is 0 Å². The van der Waals surface area contributed by atoms with Gasteiger partial charge in [0.25, 0.3) is 5.91 Å². The summed E-state index contributed by atoms with van der Waals surface area (Å²) in [6, 6.07) is 14.3. The Bertz CT molecular complexity index is 1500. The monoisotopic (exact) mass is 605 g/mol. The normalized spacial score (nSPS) is 20.5. The van der Waals surface area contributed by atoms with Gasteiger partial charge in [-0.15, -0.1) is 0 Å². The summed E-state index contributed by atoms with van der Waals surface area (Å²) >= 11 is 12.4. The van der Waals surface area contributed by atoms with Gasteiger partial charge < -0.3 is 14.9 Å². The van der Waals surface area contributed by atoms with Crippen LogP contribution < -0.4 is 0 Å². The van der Waals surface area contributed by atoms with Crippen LogP contribution in [0.1, 0.15) is 59.3 Å². The van der Waals surface area contributed by atoms with E-state index in [1.807, 2.05) is 0 Å². The van der Waals surface area contributed by atoms with Gasteiger partial charge in [0.15, 0.2) is 5.72 Å². The molecule has 6 nitrogen and oxygen atoms in total. The Labute approximate surface area is 245 Å². The van der Waals surface area contributed by atoms with E-state index in [-0.39, 0.29) is 36.4 Å². The first kappa shape index (κ1) is 29.2. The van der Waals surface area contributed by atoms with Crippen LogP contribution in [0.2, 0.25) is 10.0 Å². The minimum atomic E-state index is -1.74. The van der Waals surface area contributed by atoms with Crippen molar-refractivity contribution in [1.82, 2.24) is 4.90 Å². The number of aliphatic hydroxyl groups excluding tert-OH is 1. The van der Waals surface area contributed by atoms with Gasteiger partial charge >= 0.3 is 0 Å². The van der Waals surface area contributed by atoms with Crippen molar-refractivity contribution in [3.8, 4) is 0 Å². The van der Waals surface area contributed by atoms with Gasteiger partial charge in [-0.25, -0.2) is 4.39 Å². The van der Waals surface area contributed by atoms with Gasteiger partial charge in [-0.1, -0.05) is 41.4 Å². The van der Waals surface area contributed by atoms with Crippen LogP contribution in [0, 0.1) is 11.2 Å². The van der Waals surface area contributed by atoms with Gasteiger partial charge in [-0.05, 0) is 74.2 Å². The fourth-order valence-electron chi connectivity index (χ4n) is 5.17. The molecule has 1 aliphatic heterocycles. The van der Waals surface area contributed by atoms with Gasteiger partial charge in [0.05, 0.1) is 47.3 Å². The summed E-state index contributed by atoms with van der Waals surface area (Å²) in [4.78, 5) is 16.1. The summed E-state index contributed by atoms with van der Waals surface area (Å²) in [5, 5.41) is 21.6. The van der Waals surface area contributed by atoms with E-state index in [0.29, 0.717) is 26.1 Å². The summed E-state index contributed by atoms with van der Waals surface area (Å²) in [6.45, 7) is 2.91. The minimum Gasteiger partial charge on any atom is -0.396 e. The van der Waals surface area contributed by atoms with E-state index in [1.165, 1.54) is 37.1 Å². The van der Waals surface area contributed by atoms with Crippen LogP contribution >= 0.6 is 23.2 Å². The van der Waals surface area contributed by atoms with Crippen molar-refractivity contribution in [3.05, 3.63) is 98.3 Å². The van der Waals surface area contributed by atoms with Crippen molar-refractivity contribution >= 4 is 39.9 Å². The summed E-state index contributed by atoms with van der Waals surface area (Å²) in [5.74, 6) is -1.24. The average Bonchev–Trinajstić information content (AvgIpc) is 3.64. The predicted octanol–water partition coefficient (Wildman–Crippen LogP) is 5.74. The highest BCUT2D eigenvalue weighted by atomic mass is 35.5. The summed E-state index contributed by atoms with van der Waals surface area (Å²) in [5.41, 5.74) is -2.33. The quantitative estimate of drug-likeness (QED) is 0.324. The van der Waals surface area contributed by atoms with Crippen LogP contribution in [0.25, 0.3) is 0 Å². The van der Waals surface area contributed by atoms with Crippen LogP contribution in [0.3, 0.4) is 0 Å². The van der Waals surface area contributed by atoms with E-state index in [1.54, 1.807) is 42.5 Å². The molecule has 1 heterocycles. The molecule has 0 saturated heterocycles. The molecule has 1 fully saturated rings. The van der Waals surface area contributed by atoms with Crippen LogP contribution in [-0.4, -0.2) is 44.7 Å². The number of carbonyl (C=O) groups excluding carboxylic acids is 1. The summed E-state index contributed by atoms with van der Waals surface area (Å²) < 4.78 is 35.6. The standard InChI is InChI=1S/C30H30Cl2FNO5S/c1-28(2,37)20-12-23-26(24(33)13-20)30(19-5-8-21(31)9-6-19,39-17-29(16-35)10-11-29)34(27(23)36)15-18-4-7-22(32)14-25(18)40(3)38/h4-9,12-14,35,37H,10-11,15-17H2,1-3H3/t30-,40?/m1/s1. The maximum absolute atomic E-state index is 16.3. The number of rotatable bonds is 9. The van der Waals surface area contributed by atoms with Gasteiger partial charge in [0.1, 0.15) is 5.82 Å². The molecule has 0 spiro atoms. The fraction of sp³-hybridized carbons (Fsp3) is 0.367. The maximum Gasteiger partial charge on any atom is 0.257 e. The number of ether oxygens (including phenoxy) is 1. The third kappa shape index (κ3) is 5.10. The molecular weight excluding hydrogens is 576 g/mol. The predicted molar refractivity (Wildman–Crippen MR) is 152 cm³/mol. The number of carbonyl (C=O) groups is 1. The highest BCUT2D eigenvalue weighted by molar-refractivity contribution is 7.84. The molecule has 212 valence electrons. The fourth-order valence-corrected chi connectivity index (χ4v) is 6.33. The number of benzene rings is 3. The number of hydrogen-bond acceptors (Lipinski definition) is 5. The van der Waals surface area contributed by atoms with Crippen molar-refractivity contribution in [2.24, 2.45) is 5.41 Å². The van der Waals surface area contributed by atoms with Crippen molar-refractivity contribution in [3.63, 3.8) is 0 Å². The lowest BCUT2D eigenvalue weighted by Crippen LogP contribution is -2.48. The number of halogens is 3. The second-order valence-corrected chi connectivity index (χ2v) is 13.4. The molecule has 5 rings (SSSR count). The first-order valence-electron chi connectivity index (χ1n) is 12.8. The zero-order valence-corrected chi connectivity index (χ0v) is 24.7. The second-order valence-electron chi connectivity index (χ2n) is 11.1. The zero-order chi connectivity index (χ0) is 29.0.